The maximum absolute atomic E-state index is 11.6. The molecule has 2 aromatic rings. The molecule has 9 heteroatoms. The maximum atomic E-state index is 11.6. The highest BCUT2D eigenvalue weighted by Crippen LogP contribution is 2.23. The molecule has 34 heavy (non-hydrogen) atoms. The summed E-state index contributed by atoms with van der Waals surface area (Å²) in [5.74, 6) is 1.25. The molecule has 1 amide bonds. The van der Waals surface area contributed by atoms with Gasteiger partial charge in [-0.15, -0.1) is 24.0 Å². The standard InChI is InChI=1S/C25H32N6O2.HI/c1-3-28-24(32)18-33-22-11-6-8-19(14-22)16-29-25(27-2)30-21-10-7-13-31(17-21)23-12-5-4-9-20(23)15-26;/h4-6,8-9,11-12,14,21H,3,7,10,13,16-18H2,1-2H3,(H,28,32)(H2,27,29,30);1H. The molecule has 0 aliphatic carbocycles. The summed E-state index contributed by atoms with van der Waals surface area (Å²) in [6, 6.07) is 17.9. The van der Waals surface area contributed by atoms with E-state index in [1.807, 2.05) is 55.5 Å². The molecule has 0 radical (unpaired) electrons. The second-order valence-corrected chi connectivity index (χ2v) is 7.87. The van der Waals surface area contributed by atoms with Crippen LogP contribution >= 0.6 is 24.0 Å². The van der Waals surface area contributed by atoms with E-state index < -0.39 is 0 Å². The summed E-state index contributed by atoms with van der Waals surface area (Å²) >= 11 is 0. The molecule has 2 aromatic carbocycles. The van der Waals surface area contributed by atoms with Crippen LogP contribution in [0.3, 0.4) is 0 Å². The van der Waals surface area contributed by atoms with E-state index in [0.717, 1.165) is 43.1 Å². The van der Waals surface area contributed by atoms with Crippen LogP contribution in [0.2, 0.25) is 0 Å². The van der Waals surface area contributed by atoms with Crippen molar-refractivity contribution in [2.24, 2.45) is 4.99 Å². The van der Waals surface area contributed by atoms with Gasteiger partial charge in [0.2, 0.25) is 0 Å². The average molecular weight is 576 g/mol. The van der Waals surface area contributed by atoms with Gasteiger partial charge in [-0.2, -0.15) is 5.26 Å². The fourth-order valence-corrected chi connectivity index (χ4v) is 3.87. The molecule has 0 saturated carbocycles. The van der Waals surface area contributed by atoms with Crippen LogP contribution in [0.15, 0.2) is 53.5 Å². The number of nitrogens with zero attached hydrogens (tertiary/aromatic N) is 3. The van der Waals surface area contributed by atoms with Gasteiger partial charge >= 0.3 is 0 Å². The average Bonchev–Trinajstić information content (AvgIpc) is 2.86. The van der Waals surface area contributed by atoms with Crippen molar-refractivity contribution in [2.75, 3.05) is 38.2 Å². The number of nitriles is 1. The highest BCUT2D eigenvalue weighted by atomic mass is 127. The van der Waals surface area contributed by atoms with Gasteiger partial charge < -0.3 is 25.6 Å². The van der Waals surface area contributed by atoms with Crippen molar-refractivity contribution in [1.29, 1.82) is 5.26 Å². The third-order valence-electron chi connectivity index (χ3n) is 5.45. The zero-order valence-electron chi connectivity index (χ0n) is 19.7. The molecule has 1 saturated heterocycles. The summed E-state index contributed by atoms with van der Waals surface area (Å²) in [6.07, 6.45) is 2.08. The fraction of sp³-hybridized carbons (Fsp3) is 0.400. The first-order valence-corrected chi connectivity index (χ1v) is 11.3. The summed E-state index contributed by atoms with van der Waals surface area (Å²) in [6.45, 7) is 4.78. The Morgan fingerprint density at radius 1 is 1.24 bits per heavy atom. The number of aliphatic imine (C=N–C) groups is 1. The highest BCUT2D eigenvalue weighted by Gasteiger charge is 2.22. The van der Waals surface area contributed by atoms with E-state index in [4.69, 9.17) is 4.74 Å². The number of halogens is 1. The number of guanidine groups is 1. The van der Waals surface area contributed by atoms with E-state index in [1.165, 1.54) is 0 Å². The number of piperidine rings is 1. The van der Waals surface area contributed by atoms with Crippen molar-refractivity contribution in [1.82, 2.24) is 16.0 Å². The third kappa shape index (κ3) is 8.09. The fourth-order valence-electron chi connectivity index (χ4n) is 3.87. The number of benzene rings is 2. The van der Waals surface area contributed by atoms with Crippen molar-refractivity contribution in [2.45, 2.75) is 32.4 Å². The molecule has 1 heterocycles. The molecule has 1 atom stereocenters. The summed E-state index contributed by atoms with van der Waals surface area (Å²) in [5, 5.41) is 19.0. The van der Waals surface area contributed by atoms with Crippen molar-refractivity contribution in [3.8, 4) is 11.8 Å². The van der Waals surface area contributed by atoms with Crippen LogP contribution in [0, 0.1) is 11.3 Å². The first-order chi connectivity index (χ1) is 16.1. The second kappa shape index (κ2) is 14.3. The topological polar surface area (TPSA) is 102 Å². The van der Waals surface area contributed by atoms with Gasteiger partial charge in [0, 0.05) is 39.3 Å². The van der Waals surface area contributed by atoms with Crippen LogP contribution in [-0.2, 0) is 11.3 Å². The van der Waals surface area contributed by atoms with Gasteiger partial charge in [0.05, 0.1) is 11.3 Å². The van der Waals surface area contributed by atoms with E-state index in [1.54, 1.807) is 7.05 Å². The smallest absolute Gasteiger partial charge is 0.257 e. The highest BCUT2D eigenvalue weighted by molar-refractivity contribution is 14.0. The van der Waals surface area contributed by atoms with Gasteiger partial charge in [0.15, 0.2) is 12.6 Å². The molecule has 3 rings (SSSR count). The van der Waals surface area contributed by atoms with E-state index in [0.29, 0.717) is 24.4 Å². The number of rotatable bonds is 8. The molecule has 1 aliphatic heterocycles. The molecule has 1 aliphatic rings. The molecule has 1 unspecified atom stereocenters. The summed E-state index contributed by atoms with van der Waals surface area (Å²) in [5.41, 5.74) is 2.72. The Labute approximate surface area is 218 Å². The Morgan fingerprint density at radius 2 is 2.06 bits per heavy atom. The van der Waals surface area contributed by atoms with Gasteiger partial charge in [-0.1, -0.05) is 24.3 Å². The Kier molecular flexibility index (Phi) is 11.5. The second-order valence-electron chi connectivity index (χ2n) is 7.87. The normalized spacial score (nSPS) is 15.5. The molecule has 0 aromatic heterocycles. The first kappa shape index (κ1) is 27.2. The summed E-state index contributed by atoms with van der Waals surface area (Å²) < 4.78 is 5.57. The molecule has 0 spiro atoms. The SMILES string of the molecule is CCNC(=O)COc1cccc(CNC(=NC)NC2CCCN(c3ccccc3C#N)C2)c1.I. The zero-order valence-corrected chi connectivity index (χ0v) is 22.0. The monoisotopic (exact) mass is 576 g/mol. The molecular formula is C25H33IN6O2. The lowest BCUT2D eigenvalue weighted by atomic mass is 10.0. The van der Waals surface area contributed by atoms with Gasteiger partial charge in [-0.3, -0.25) is 9.79 Å². The van der Waals surface area contributed by atoms with Crippen molar-refractivity contribution >= 4 is 41.5 Å². The Bertz CT molecular complexity index is 1010. The number of nitrogens with one attached hydrogen (secondary N) is 3. The summed E-state index contributed by atoms with van der Waals surface area (Å²) in [7, 11) is 1.76. The van der Waals surface area contributed by atoms with Crippen LogP contribution < -0.4 is 25.6 Å². The lowest BCUT2D eigenvalue weighted by Gasteiger charge is -2.35. The predicted octanol–water partition coefficient (Wildman–Crippen LogP) is 3.03. The van der Waals surface area contributed by atoms with Crippen LogP contribution in [0.4, 0.5) is 5.69 Å². The number of anilines is 1. The minimum absolute atomic E-state index is 0. The number of amides is 1. The van der Waals surface area contributed by atoms with Crippen molar-refractivity contribution in [3.63, 3.8) is 0 Å². The minimum atomic E-state index is -0.135. The number of carbonyl (C=O) groups excluding carboxylic acids is 1. The minimum Gasteiger partial charge on any atom is -0.484 e. The largest absolute Gasteiger partial charge is 0.484 e. The van der Waals surface area contributed by atoms with Gasteiger partial charge in [-0.05, 0) is 49.6 Å². The summed E-state index contributed by atoms with van der Waals surface area (Å²) in [4.78, 5) is 18.2. The number of ether oxygens (including phenoxy) is 1. The molecule has 8 nitrogen and oxygen atoms in total. The molecule has 182 valence electrons. The molecular weight excluding hydrogens is 543 g/mol. The van der Waals surface area contributed by atoms with Crippen LogP contribution in [0.1, 0.15) is 30.9 Å². The van der Waals surface area contributed by atoms with Crippen molar-refractivity contribution in [3.05, 3.63) is 59.7 Å². The Hall–Kier alpha value is -3.00. The predicted molar refractivity (Wildman–Crippen MR) is 146 cm³/mol. The van der Waals surface area contributed by atoms with Gasteiger partial charge in [0.25, 0.3) is 5.91 Å². The number of carbonyl (C=O) groups is 1. The number of likely N-dealkylation sites (N-methyl/N-ethyl adjacent to an activating group) is 1. The van der Waals surface area contributed by atoms with E-state index >= 15 is 0 Å². The van der Waals surface area contributed by atoms with Crippen LogP contribution in [0.25, 0.3) is 0 Å². The number of hydrogen-bond acceptors (Lipinski definition) is 5. The van der Waals surface area contributed by atoms with E-state index in [2.05, 4.69) is 31.9 Å². The number of para-hydroxylation sites is 1. The van der Waals surface area contributed by atoms with Crippen LogP contribution in [0.5, 0.6) is 5.75 Å². The lowest BCUT2D eigenvalue weighted by molar-refractivity contribution is -0.122. The Balaban J connectivity index is 0.00000408. The maximum Gasteiger partial charge on any atom is 0.257 e. The number of hydrogen-bond donors (Lipinski definition) is 3. The van der Waals surface area contributed by atoms with Crippen molar-refractivity contribution < 1.29 is 9.53 Å². The van der Waals surface area contributed by atoms with Gasteiger partial charge in [0.1, 0.15) is 11.8 Å². The van der Waals surface area contributed by atoms with E-state index in [-0.39, 0.29) is 42.5 Å². The van der Waals surface area contributed by atoms with Crippen LogP contribution in [-0.4, -0.2) is 51.2 Å². The van der Waals surface area contributed by atoms with Gasteiger partial charge in [-0.25, -0.2) is 0 Å². The lowest BCUT2D eigenvalue weighted by Crippen LogP contribution is -2.51. The quantitative estimate of drug-likeness (QED) is 0.254. The third-order valence-corrected chi connectivity index (χ3v) is 5.45. The zero-order chi connectivity index (χ0) is 23.5. The first-order valence-electron chi connectivity index (χ1n) is 11.3. The molecule has 3 N–H and O–H groups in total. The van der Waals surface area contributed by atoms with E-state index in [9.17, 15) is 10.1 Å². The Morgan fingerprint density at radius 3 is 2.82 bits per heavy atom. The molecule has 1 fully saturated rings. The molecule has 0 bridgehead atoms.